The maximum absolute atomic E-state index is 13.4. The van der Waals surface area contributed by atoms with E-state index in [1.165, 1.54) is 18.3 Å². The van der Waals surface area contributed by atoms with Crippen LogP contribution in [0, 0.1) is 11.3 Å². The molecule has 4 aromatic heterocycles. The molecule has 4 aromatic rings. The van der Waals surface area contributed by atoms with Crippen LogP contribution in [0.5, 0.6) is 0 Å². The zero-order valence-electron chi connectivity index (χ0n) is 15.9. The summed E-state index contributed by atoms with van der Waals surface area (Å²) in [7, 11) is 0. The molecule has 8 nitrogen and oxygen atoms in total. The molecular weight excluding hydrogens is 454 g/mol. The highest BCUT2D eigenvalue weighted by Crippen LogP contribution is 2.36. The van der Waals surface area contributed by atoms with E-state index < -0.39 is 34.9 Å². The third-order valence-electron chi connectivity index (χ3n) is 4.26. The SMILES string of the molecule is N#Cc1cc(C(F)(F)F)c(-c2cnc3c(Nc4ccc(C(F)(F)F)cn4)ccnc3n2)nn1. The molecule has 0 radical (unpaired) electrons. The standard InChI is InChI=1S/C19H8F6N8/c20-18(21,22)9-1-2-14(28-7-9)30-12-3-4-27-17-16(12)29-8-13(31-17)15-11(19(23,24)25)5-10(6-26)32-33-15/h1-5,7-8H,(H,27,28,30,31). The van der Waals surface area contributed by atoms with E-state index >= 15 is 0 Å². The number of nitrogens with one attached hydrogen (secondary N) is 1. The van der Waals surface area contributed by atoms with Gasteiger partial charge in [-0.05, 0) is 24.3 Å². The summed E-state index contributed by atoms with van der Waals surface area (Å²) in [6, 6.07) is 5.43. The highest BCUT2D eigenvalue weighted by molar-refractivity contribution is 5.87. The molecule has 33 heavy (non-hydrogen) atoms. The minimum Gasteiger partial charge on any atom is -0.338 e. The van der Waals surface area contributed by atoms with Crippen LogP contribution in [0.15, 0.2) is 42.9 Å². The lowest BCUT2D eigenvalue weighted by Crippen LogP contribution is -2.11. The lowest BCUT2D eigenvalue weighted by molar-refractivity contribution is -0.138. The molecule has 0 fully saturated rings. The van der Waals surface area contributed by atoms with Crippen molar-refractivity contribution < 1.29 is 26.3 Å². The van der Waals surface area contributed by atoms with Gasteiger partial charge in [0.15, 0.2) is 11.3 Å². The fourth-order valence-corrected chi connectivity index (χ4v) is 2.76. The third kappa shape index (κ3) is 4.47. The number of hydrogen-bond acceptors (Lipinski definition) is 8. The first-order chi connectivity index (χ1) is 15.6. The van der Waals surface area contributed by atoms with Gasteiger partial charge in [-0.2, -0.15) is 31.6 Å². The molecular formula is C19H8F6N8. The molecule has 0 saturated carbocycles. The number of halogens is 6. The molecule has 4 heterocycles. The molecule has 0 bridgehead atoms. The summed E-state index contributed by atoms with van der Waals surface area (Å²) < 4.78 is 78.4. The van der Waals surface area contributed by atoms with E-state index in [4.69, 9.17) is 5.26 Å². The number of pyridine rings is 2. The Bertz CT molecular complexity index is 1380. The van der Waals surface area contributed by atoms with Crippen LogP contribution >= 0.6 is 0 Å². The highest BCUT2D eigenvalue weighted by Gasteiger charge is 2.36. The molecule has 0 atom stereocenters. The van der Waals surface area contributed by atoms with Gasteiger partial charge in [-0.3, -0.25) is 0 Å². The number of alkyl halides is 6. The number of rotatable bonds is 3. The Labute approximate surface area is 180 Å². The molecule has 0 aliphatic heterocycles. The smallest absolute Gasteiger partial charge is 0.338 e. The lowest BCUT2D eigenvalue weighted by Gasteiger charge is -2.12. The molecule has 1 N–H and O–H groups in total. The second-order valence-electron chi connectivity index (χ2n) is 6.44. The molecule has 0 spiro atoms. The quantitative estimate of drug-likeness (QED) is 0.442. The van der Waals surface area contributed by atoms with E-state index in [1.54, 1.807) is 0 Å². The fourth-order valence-electron chi connectivity index (χ4n) is 2.76. The summed E-state index contributed by atoms with van der Waals surface area (Å²) in [5.74, 6) is 0.0682. The number of aromatic nitrogens is 6. The third-order valence-corrected chi connectivity index (χ3v) is 4.26. The van der Waals surface area contributed by atoms with Crippen LogP contribution in [0.3, 0.4) is 0 Å². The predicted octanol–water partition coefficient (Wildman–Crippen LogP) is 4.53. The number of nitriles is 1. The first-order valence-electron chi connectivity index (χ1n) is 8.83. The Morgan fingerprint density at radius 1 is 0.879 bits per heavy atom. The summed E-state index contributed by atoms with van der Waals surface area (Å²) in [5.41, 5.74) is -3.28. The second kappa shape index (κ2) is 7.93. The predicted molar refractivity (Wildman–Crippen MR) is 101 cm³/mol. The molecule has 0 saturated heterocycles. The van der Waals surface area contributed by atoms with Crippen molar-refractivity contribution in [1.29, 1.82) is 5.26 Å². The zero-order chi connectivity index (χ0) is 23.8. The van der Waals surface area contributed by atoms with Gasteiger partial charge < -0.3 is 5.32 Å². The van der Waals surface area contributed by atoms with E-state index in [2.05, 4.69) is 35.5 Å². The Balaban J connectivity index is 1.72. The van der Waals surface area contributed by atoms with Crippen molar-refractivity contribution in [2.75, 3.05) is 5.32 Å². The van der Waals surface area contributed by atoms with Crippen molar-refractivity contribution >= 4 is 22.7 Å². The second-order valence-corrected chi connectivity index (χ2v) is 6.44. The lowest BCUT2D eigenvalue weighted by atomic mass is 10.1. The van der Waals surface area contributed by atoms with Crippen molar-refractivity contribution in [3.63, 3.8) is 0 Å². The van der Waals surface area contributed by atoms with E-state index in [0.29, 0.717) is 12.3 Å². The first kappa shape index (κ1) is 21.8. The Morgan fingerprint density at radius 2 is 1.67 bits per heavy atom. The molecule has 0 unspecified atom stereocenters. The van der Waals surface area contributed by atoms with E-state index in [0.717, 1.165) is 18.3 Å². The van der Waals surface area contributed by atoms with Crippen molar-refractivity contribution in [1.82, 2.24) is 30.1 Å². The van der Waals surface area contributed by atoms with Crippen molar-refractivity contribution in [3.05, 3.63) is 59.7 Å². The largest absolute Gasteiger partial charge is 0.418 e. The first-order valence-corrected chi connectivity index (χ1v) is 8.83. The highest BCUT2D eigenvalue weighted by atomic mass is 19.4. The van der Waals surface area contributed by atoms with Crippen molar-refractivity contribution in [2.24, 2.45) is 0 Å². The summed E-state index contributed by atoms with van der Waals surface area (Å²) in [5, 5.41) is 18.5. The van der Waals surface area contributed by atoms with Crippen molar-refractivity contribution in [2.45, 2.75) is 12.4 Å². The molecule has 0 aliphatic carbocycles. The van der Waals surface area contributed by atoms with E-state index in [-0.39, 0.29) is 28.4 Å². The average molecular weight is 462 g/mol. The summed E-state index contributed by atoms with van der Waals surface area (Å²) in [6.45, 7) is 0. The van der Waals surface area contributed by atoms with Crippen molar-refractivity contribution in [3.8, 4) is 17.5 Å². The van der Waals surface area contributed by atoms with Crippen LogP contribution < -0.4 is 5.32 Å². The number of anilines is 2. The van der Waals surface area contributed by atoms with E-state index in [9.17, 15) is 26.3 Å². The minimum absolute atomic E-state index is 0.0660. The minimum atomic E-state index is -4.83. The average Bonchev–Trinajstić information content (AvgIpc) is 2.77. The van der Waals surface area contributed by atoms with Gasteiger partial charge in [0.05, 0.1) is 23.0 Å². The Kier molecular flexibility index (Phi) is 5.24. The monoisotopic (exact) mass is 462 g/mol. The maximum Gasteiger partial charge on any atom is 0.418 e. The van der Waals surface area contributed by atoms with Crippen LogP contribution in [-0.4, -0.2) is 30.1 Å². The topological polar surface area (TPSA) is 113 Å². The molecule has 0 aliphatic rings. The van der Waals surface area contributed by atoms with Gasteiger partial charge >= 0.3 is 12.4 Å². The summed E-state index contributed by atoms with van der Waals surface area (Å²) >= 11 is 0. The van der Waals surface area contributed by atoms with Gasteiger partial charge in [0.2, 0.25) is 0 Å². The molecule has 4 rings (SSSR count). The Hall–Kier alpha value is -4.41. The van der Waals surface area contributed by atoms with Gasteiger partial charge in [-0.1, -0.05) is 0 Å². The van der Waals surface area contributed by atoms with Crippen LogP contribution in [0.2, 0.25) is 0 Å². The van der Waals surface area contributed by atoms with E-state index in [1.807, 2.05) is 0 Å². The molecule has 166 valence electrons. The number of nitrogens with zero attached hydrogens (tertiary/aromatic N) is 7. The fraction of sp³-hybridized carbons (Fsp3) is 0.105. The van der Waals surface area contributed by atoms with Crippen LogP contribution in [0.25, 0.3) is 22.6 Å². The molecule has 14 heteroatoms. The van der Waals surface area contributed by atoms with Crippen LogP contribution in [-0.2, 0) is 12.4 Å². The number of hydrogen-bond donors (Lipinski definition) is 1. The molecule has 0 aromatic carbocycles. The maximum atomic E-state index is 13.4. The van der Waals surface area contributed by atoms with Gasteiger partial charge in [0.25, 0.3) is 0 Å². The normalized spacial score (nSPS) is 11.9. The zero-order valence-corrected chi connectivity index (χ0v) is 15.9. The van der Waals surface area contributed by atoms with Gasteiger partial charge in [-0.15, -0.1) is 10.2 Å². The summed E-state index contributed by atoms with van der Waals surface area (Å²) in [4.78, 5) is 15.8. The molecule has 0 amide bonds. The number of fused-ring (bicyclic) bond motifs is 1. The van der Waals surface area contributed by atoms with Crippen LogP contribution in [0.1, 0.15) is 16.8 Å². The van der Waals surface area contributed by atoms with Gasteiger partial charge in [0, 0.05) is 12.4 Å². The summed E-state index contributed by atoms with van der Waals surface area (Å²) in [6.07, 6.45) is -6.43. The van der Waals surface area contributed by atoms with Gasteiger partial charge in [0.1, 0.15) is 28.8 Å². The van der Waals surface area contributed by atoms with Crippen LogP contribution in [0.4, 0.5) is 37.8 Å². The van der Waals surface area contributed by atoms with Gasteiger partial charge in [-0.25, -0.2) is 19.9 Å². The Morgan fingerprint density at radius 3 is 2.30 bits per heavy atom.